The maximum atomic E-state index is 5.22. The maximum absolute atomic E-state index is 5.22. The van der Waals surface area contributed by atoms with Gasteiger partial charge in [-0.15, -0.1) is 0 Å². The molecule has 0 radical (unpaired) electrons. The van der Waals surface area contributed by atoms with Crippen LogP contribution in [-0.4, -0.2) is 14.2 Å². The molecule has 0 heterocycles. The van der Waals surface area contributed by atoms with Crippen LogP contribution in [0.15, 0.2) is 42.5 Å². The second kappa shape index (κ2) is 5.68. The fraction of sp³-hybridized carbons (Fsp3) is 0.333. The summed E-state index contributed by atoms with van der Waals surface area (Å²) in [5, 5.41) is 3.44. The second-order valence-electron chi connectivity index (χ2n) is 5.38. The third-order valence-corrected chi connectivity index (χ3v) is 4.23. The van der Waals surface area contributed by atoms with Gasteiger partial charge >= 0.3 is 0 Å². The van der Waals surface area contributed by atoms with Crippen molar-refractivity contribution in [3.63, 3.8) is 0 Å². The van der Waals surface area contributed by atoms with Crippen LogP contribution in [-0.2, 0) is 6.42 Å². The van der Waals surface area contributed by atoms with Gasteiger partial charge in [-0.05, 0) is 66.8 Å². The van der Waals surface area contributed by atoms with Gasteiger partial charge in [-0.2, -0.15) is 0 Å². The molecule has 1 unspecified atom stereocenters. The first-order valence-electron chi connectivity index (χ1n) is 7.26. The largest absolute Gasteiger partial charge is 0.497 e. The van der Waals surface area contributed by atoms with Crippen LogP contribution in [0, 0.1) is 0 Å². The third-order valence-electron chi connectivity index (χ3n) is 4.23. The van der Waals surface area contributed by atoms with Gasteiger partial charge in [-0.25, -0.2) is 0 Å². The standard InChI is InChI=1S/C18H21NO/c1-19-18-5-3-4-14-6-7-15(12-17(14)18)13-8-10-16(20-2)11-9-13/h6-12,18-19H,3-5H2,1-2H3. The number of methoxy groups -OCH3 is 1. The minimum Gasteiger partial charge on any atom is -0.497 e. The molecule has 0 bridgehead atoms. The molecule has 0 saturated carbocycles. The number of benzene rings is 2. The van der Waals surface area contributed by atoms with Gasteiger partial charge in [0, 0.05) is 6.04 Å². The smallest absolute Gasteiger partial charge is 0.118 e. The van der Waals surface area contributed by atoms with E-state index in [2.05, 4.69) is 42.7 Å². The quantitative estimate of drug-likeness (QED) is 0.909. The van der Waals surface area contributed by atoms with E-state index in [1.807, 2.05) is 12.1 Å². The van der Waals surface area contributed by atoms with Crippen molar-refractivity contribution in [3.05, 3.63) is 53.6 Å². The van der Waals surface area contributed by atoms with Gasteiger partial charge in [0.1, 0.15) is 5.75 Å². The molecule has 1 N–H and O–H groups in total. The van der Waals surface area contributed by atoms with E-state index in [1.54, 1.807) is 7.11 Å². The molecule has 1 atom stereocenters. The molecule has 0 saturated heterocycles. The Bertz CT molecular complexity index is 589. The Morgan fingerprint density at radius 3 is 2.50 bits per heavy atom. The van der Waals surface area contributed by atoms with E-state index in [4.69, 9.17) is 4.74 Å². The van der Waals surface area contributed by atoms with Crippen LogP contribution in [0.5, 0.6) is 5.75 Å². The summed E-state index contributed by atoms with van der Waals surface area (Å²) in [5.74, 6) is 0.903. The topological polar surface area (TPSA) is 21.3 Å². The number of fused-ring (bicyclic) bond motifs is 1. The molecule has 0 fully saturated rings. The first kappa shape index (κ1) is 13.2. The molecule has 2 aromatic rings. The van der Waals surface area contributed by atoms with E-state index in [1.165, 1.54) is 41.5 Å². The molecular weight excluding hydrogens is 246 g/mol. The van der Waals surface area contributed by atoms with Crippen molar-refractivity contribution < 1.29 is 4.74 Å². The maximum Gasteiger partial charge on any atom is 0.118 e. The van der Waals surface area contributed by atoms with Gasteiger partial charge < -0.3 is 10.1 Å². The SMILES string of the molecule is CNC1CCCc2ccc(-c3ccc(OC)cc3)cc21. The van der Waals surface area contributed by atoms with Gasteiger partial charge in [0.2, 0.25) is 0 Å². The van der Waals surface area contributed by atoms with Crippen molar-refractivity contribution in [1.82, 2.24) is 5.32 Å². The first-order chi connectivity index (χ1) is 9.81. The van der Waals surface area contributed by atoms with Crippen LogP contribution in [0.2, 0.25) is 0 Å². The lowest BCUT2D eigenvalue weighted by Crippen LogP contribution is -2.21. The van der Waals surface area contributed by atoms with E-state index in [0.29, 0.717) is 6.04 Å². The lowest BCUT2D eigenvalue weighted by atomic mass is 9.85. The Morgan fingerprint density at radius 1 is 1.05 bits per heavy atom. The van der Waals surface area contributed by atoms with Crippen LogP contribution in [0.25, 0.3) is 11.1 Å². The fourth-order valence-corrected chi connectivity index (χ4v) is 3.06. The van der Waals surface area contributed by atoms with E-state index < -0.39 is 0 Å². The van der Waals surface area contributed by atoms with E-state index in [-0.39, 0.29) is 0 Å². The summed E-state index contributed by atoms with van der Waals surface area (Å²) in [6, 6.07) is 15.6. The van der Waals surface area contributed by atoms with Crippen molar-refractivity contribution in [2.45, 2.75) is 25.3 Å². The monoisotopic (exact) mass is 267 g/mol. The summed E-state index contributed by atoms with van der Waals surface area (Å²) >= 11 is 0. The third kappa shape index (κ3) is 2.44. The predicted molar refractivity (Wildman–Crippen MR) is 83.2 cm³/mol. The van der Waals surface area contributed by atoms with Crippen molar-refractivity contribution in [2.75, 3.05) is 14.2 Å². The molecule has 2 heteroatoms. The summed E-state index contributed by atoms with van der Waals surface area (Å²) < 4.78 is 5.22. The lowest BCUT2D eigenvalue weighted by Gasteiger charge is -2.25. The summed E-state index contributed by atoms with van der Waals surface area (Å²) in [4.78, 5) is 0. The Balaban J connectivity index is 1.98. The zero-order valence-corrected chi connectivity index (χ0v) is 12.1. The van der Waals surface area contributed by atoms with Crippen LogP contribution >= 0.6 is 0 Å². The van der Waals surface area contributed by atoms with Crippen LogP contribution in [0.3, 0.4) is 0 Å². The number of rotatable bonds is 3. The molecule has 0 aromatic heterocycles. The molecule has 1 aliphatic rings. The second-order valence-corrected chi connectivity index (χ2v) is 5.38. The Labute approximate surface area is 120 Å². The molecule has 0 amide bonds. The fourth-order valence-electron chi connectivity index (χ4n) is 3.06. The first-order valence-corrected chi connectivity index (χ1v) is 7.26. The van der Waals surface area contributed by atoms with Gasteiger partial charge in [0.05, 0.1) is 7.11 Å². The highest BCUT2D eigenvalue weighted by atomic mass is 16.5. The molecule has 3 rings (SSSR count). The predicted octanol–water partition coefficient (Wildman–Crippen LogP) is 3.96. The minimum absolute atomic E-state index is 0.497. The van der Waals surface area contributed by atoms with E-state index in [9.17, 15) is 0 Å². The molecule has 2 aromatic carbocycles. The summed E-state index contributed by atoms with van der Waals surface area (Å²) in [7, 11) is 3.76. The van der Waals surface area contributed by atoms with Crippen molar-refractivity contribution in [1.29, 1.82) is 0 Å². The number of hydrogen-bond donors (Lipinski definition) is 1. The zero-order valence-electron chi connectivity index (χ0n) is 12.1. The van der Waals surface area contributed by atoms with Gasteiger partial charge in [0.15, 0.2) is 0 Å². The van der Waals surface area contributed by atoms with Crippen LogP contribution < -0.4 is 10.1 Å². The number of ether oxygens (including phenoxy) is 1. The highest BCUT2D eigenvalue weighted by Crippen LogP contribution is 2.33. The summed E-state index contributed by atoms with van der Waals surface area (Å²) in [6.07, 6.45) is 3.71. The molecule has 2 nitrogen and oxygen atoms in total. The Hall–Kier alpha value is -1.80. The molecule has 0 spiro atoms. The Kier molecular flexibility index (Phi) is 3.75. The molecule has 1 aliphatic carbocycles. The average molecular weight is 267 g/mol. The van der Waals surface area contributed by atoms with Crippen molar-refractivity contribution in [3.8, 4) is 16.9 Å². The molecule has 0 aliphatic heterocycles. The zero-order chi connectivity index (χ0) is 13.9. The summed E-state index contributed by atoms with van der Waals surface area (Å²) in [6.45, 7) is 0. The summed E-state index contributed by atoms with van der Waals surface area (Å²) in [5.41, 5.74) is 5.49. The van der Waals surface area contributed by atoms with Crippen LogP contribution in [0.1, 0.15) is 30.0 Å². The number of nitrogens with one attached hydrogen (secondary N) is 1. The molecule has 20 heavy (non-hydrogen) atoms. The number of aryl methyl sites for hydroxylation is 1. The Morgan fingerprint density at radius 2 is 1.80 bits per heavy atom. The average Bonchev–Trinajstić information content (AvgIpc) is 2.54. The molecular formula is C18H21NO. The highest BCUT2D eigenvalue weighted by Gasteiger charge is 2.18. The normalized spacial score (nSPS) is 17.6. The minimum atomic E-state index is 0.497. The van der Waals surface area contributed by atoms with Crippen molar-refractivity contribution in [2.24, 2.45) is 0 Å². The molecule has 104 valence electrons. The lowest BCUT2D eigenvalue weighted by molar-refractivity contribution is 0.415. The van der Waals surface area contributed by atoms with Gasteiger partial charge in [-0.3, -0.25) is 0 Å². The van der Waals surface area contributed by atoms with Crippen LogP contribution in [0.4, 0.5) is 0 Å². The van der Waals surface area contributed by atoms with E-state index >= 15 is 0 Å². The highest BCUT2D eigenvalue weighted by molar-refractivity contribution is 5.66. The van der Waals surface area contributed by atoms with E-state index in [0.717, 1.165) is 5.75 Å². The van der Waals surface area contributed by atoms with Crippen molar-refractivity contribution >= 4 is 0 Å². The van der Waals surface area contributed by atoms with Gasteiger partial charge in [-0.1, -0.05) is 24.3 Å². The number of hydrogen-bond acceptors (Lipinski definition) is 2. The van der Waals surface area contributed by atoms with Gasteiger partial charge in [0.25, 0.3) is 0 Å².